The van der Waals surface area contributed by atoms with Crippen LogP contribution in [0.25, 0.3) is 0 Å². The van der Waals surface area contributed by atoms with Crippen LogP contribution in [0, 0.1) is 0 Å². The molecule has 6 nitrogen and oxygen atoms in total. The number of nitrogens with one attached hydrogen (secondary N) is 1. The minimum atomic E-state index is -0.142. The third-order valence-electron chi connectivity index (χ3n) is 3.83. The van der Waals surface area contributed by atoms with E-state index in [2.05, 4.69) is 20.4 Å². The Bertz CT molecular complexity index is 649. The standard InChI is InChI=1S/C15H19N5O/c1-10(2)20-13(18-9-19-20)8-17-15(21)12-6-5-11-4-3-7-16-14(11)12/h3-4,7,9-10,12H,5-6,8H2,1-2H3,(H,17,21). The molecule has 1 N–H and O–H groups in total. The average molecular weight is 285 g/mol. The van der Waals surface area contributed by atoms with Crippen molar-refractivity contribution in [2.45, 2.75) is 45.2 Å². The lowest BCUT2D eigenvalue weighted by Crippen LogP contribution is -2.29. The second kappa shape index (κ2) is 5.63. The van der Waals surface area contributed by atoms with Crippen LogP contribution >= 0.6 is 0 Å². The zero-order chi connectivity index (χ0) is 14.8. The van der Waals surface area contributed by atoms with Crippen LogP contribution in [0.3, 0.4) is 0 Å². The smallest absolute Gasteiger partial charge is 0.229 e. The summed E-state index contributed by atoms with van der Waals surface area (Å²) in [5.41, 5.74) is 2.10. The van der Waals surface area contributed by atoms with Gasteiger partial charge in [0.25, 0.3) is 0 Å². The number of pyridine rings is 1. The van der Waals surface area contributed by atoms with Gasteiger partial charge in [0.2, 0.25) is 5.91 Å². The van der Waals surface area contributed by atoms with E-state index in [9.17, 15) is 4.79 Å². The lowest BCUT2D eigenvalue weighted by molar-refractivity contribution is -0.122. The summed E-state index contributed by atoms with van der Waals surface area (Å²) in [5.74, 6) is 0.653. The molecule has 0 aliphatic heterocycles. The van der Waals surface area contributed by atoms with Gasteiger partial charge < -0.3 is 5.32 Å². The molecule has 0 bridgehead atoms. The van der Waals surface area contributed by atoms with E-state index in [0.29, 0.717) is 6.54 Å². The van der Waals surface area contributed by atoms with E-state index < -0.39 is 0 Å². The second-order valence-electron chi connectivity index (χ2n) is 5.57. The summed E-state index contributed by atoms with van der Waals surface area (Å²) in [6.07, 6.45) is 5.02. The Hall–Kier alpha value is -2.24. The maximum absolute atomic E-state index is 12.4. The fourth-order valence-electron chi connectivity index (χ4n) is 2.79. The number of fused-ring (bicyclic) bond motifs is 1. The van der Waals surface area contributed by atoms with E-state index in [4.69, 9.17) is 0 Å². The summed E-state index contributed by atoms with van der Waals surface area (Å²) in [6.45, 7) is 4.48. The SMILES string of the molecule is CC(C)n1ncnc1CNC(=O)C1CCc2cccnc21. The van der Waals surface area contributed by atoms with Crippen LogP contribution in [0.4, 0.5) is 0 Å². The lowest BCUT2D eigenvalue weighted by atomic mass is 10.1. The van der Waals surface area contributed by atoms with Crippen molar-refractivity contribution in [2.75, 3.05) is 0 Å². The normalized spacial score (nSPS) is 17.0. The van der Waals surface area contributed by atoms with Crippen LogP contribution < -0.4 is 5.32 Å². The summed E-state index contributed by atoms with van der Waals surface area (Å²) in [7, 11) is 0. The van der Waals surface area contributed by atoms with E-state index in [-0.39, 0.29) is 17.9 Å². The third kappa shape index (κ3) is 2.66. The summed E-state index contributed by atoms with van der Waals surface area (Å²) >= 11 is 0. The molecular formula is C15H19N5O. The van der Waals surface area contributed by atoms with Crippen LogP contribution in [-0.2, 0) is 17.8 Å². The molecule has 1 aliphatic rings. The van der Waals surface area contributed by atoms with Gasteiger partial charge in [-0.2, -0.15) is 5.10 Å². The maximum Gasteiger partial charge on any atom is 0.229 e. The molecule has 2 heterocycles. The number of rotatable bonds is 4. The highest BCUT2D eigenvalue weighted by Crippen LogP contribution is 2.31. The number of aryl methyl sites for hydroxylation is 1. The van der Waals surface area contributed by atoms with Crippen LogP contribution in [0.5, 0.6) is 0 Å². The number of carbonyl (C=O) groups excluding carboxylic acids is 1. The molecule has 3 rings (SSSR count). The van der Waals surface area contributed by atoms with Crippen LogP contribution in [0.15, 0.2) is 24.7 Å². The summed E-state index contributed by atoms with van der Waals surface area (Å²) in [6, 6.07) is 4.20. The summed E-state index contributed by atoms with van der Waals surface area (Å²) < 4.78 is 1.82. The van der Waals surface area contributed by atoms with E-state index in [1.54, 1.807) is 6.20 Å². The molecule has 0 spiro atoms. The first-order valence-electron chi connectivity index (χ1n) is 7.26. The second-order valence-corrected chi connectivity index (χ2v) is 5.57. The highest BCUT2D eigenvalue weighted by Gasteiger charge is 2.29. The molecule has 1 aliphatic carbocycles. The van der Waals surface area contributed by atoms with Crippen molar-refractivity contribution in [3.63, 3.8) is 0 Å². The molecule has 1 atom stereocenters. The molecule has 21 heavy (non-hydrogen) atoms. The van der Waals surface area contributed by atoms with Crippen molar-refractivity contribution in [3.8, 4) is 0 Å². The molecule has 0 aromatic carbocycles. The van der Waals surface area contributed by atoms with Crippen molar-refractivity contribution >= 4 is 5.91 Å². The van der Waals surface area contributed by atoms with Gasteiger partial charge >= 0.3 is 0 Å². The van der Waals surface area contributed by atoms with Crippen molar-refractivity contribution in [1.29, 1.82) is 0 Å². The van der Waals surface area contributed by atoms with Gasteiger partial charge in [0.05, 0.1) is 18.2 Å². The Morgan fingerprint density at radius 3 is 3.14 bits per heavy atom. The number of hydrogen-bond acceptors (Lipinski definition) is 4. The molecule has 2 aromatic rings. The van der Waals surface area contributed by atoms with Crippen LogP contribution in [-0.4, -0.2) is 25.7 Å². The Morgan fingerprint density at radius 1 is 1.48 bits per heavy atom. The van der Waals surface area contributed by atoms with E-state index >= 15 is 0 Å². The highest BCUT2D eigenvalue weighted by molar-refractivity contribution is 5.84. The fourth-order valence-corrected chi connectivity index (χ4v) is 2.79. The number of carbonyl (C=O) groups is 1. The van der Waals surface area contributed by atoms with Gasteiger partial charge in [0.1, 0.15) is 12.2 Å². The molecule has 0 fully saturated rings. The van der Waals surface area contributed by atoms with E-state index in [1.807, 2.05) is 30.7 Å². The lowest BCUT2D eigenvalue weighted by Gasteiger charge is -2.13. The molecule has 1 unspecified atom stereocenters. The average Bonchev–Trinajstić information content (AvgIpc) is 3.11. The van der Waals surface area contributed by atoms with E-state index in [0.717, 1.165) is 24.4 Å². The van der Waals surface area contributed by atoms with E-state index in [1.165, 1.54) is 11.9 Å². The van der Waals surface area contributed by atoms with Gasteiger partial charge in [-0.25, -0.2) is 9.67 Å². The molecule has 0 saturated carbocycles. The molecule has 0 radical (unpaired) electrons. The van der Waals surface area contributed by atoms with Gasteiger partial charge in [0.15, 0.2) is 0 Å². The predicted octanol–water partition coefficient (Wildman–Crippen LogP) is 1.60. The van der Waals surface area contributed by atoms with Gasteiger partial charge in [-0.15, -0.1) is 0 Å². The van der Waals surface area contributed by atoms with Crippen molar-refractivity contribution < 1.29 is 4.79 Å². The first-order valence-corrected chi connectivity index (χ1v) is 7.26. The van der Waals surface area contributed by atoms with Crippen LogP contribution in [0.1, 0.15) is 49.3 Å². The molecular weight excluding hydrogens is 266 g/mol. The maximum atomic E-state index is 12.4. The molecule has 0 saturated heterocycles. The Kier molecular flexibility index (Phi) is 3.68. The van der Waals surface area contributed by atoms with Gasteiger partial charge in [-0.1, -0.05) is 6.07 Å². The molecule has 110 valence electrons. The monoisotopic (exact) mass is 285 g/mol. The Morgan fingerprint density at radius 2 is 2.33 bits per heavy atom. The Balaban J connectivity index is 1.67. The topological polar surface area (TPSA) is 72.7 Å². The fraction of sp³-hybridized carbons (Fsp3) is 0.467. The third-order valence-corrected chi connectivity index (χ3v) is 3.83. The van der Waals surface area contributed by atoms with Gasteiger partial charge in [-0.3, -0.25) is 9.78 Å². The molecule has 1 amide bonds. The van der Waals surface area contributed by atoms with Crippen molar-refractivity contribution in [2.24, 2.45) is 0 Å². The first-order chi connectivity index (χ1) is 10.2. The number of amides is 1. The summed E-state index contributed by atoms with van der Waals surface area (Å²) in [4.78, 5) is 20.9. The number of nitrogens with zero attached hydrogens (tertiary/aromatic N) is 4. The first kappa shape index (κ1) is 13.7. The van der Waals surface area contributed by atoms with Gasteiger partial charge in [-0.05, 0) is 38.3 Å². The Labute approximate surface area is 123 Å². The van der Waals surface area contributed by atoms with Crippen molar-refractivity contribution in [3.05, 3.63) is 41.7 Å². The van der Waals surface area contributed by atoms with Gasteiger partial charge in [0, 0.05) is 12.2 Å². The number of hydrogen-bond donors (Lipinski definition) is 1. The number of aromatic nitrogens is 4. The quantitative estimate of drug-likeness (QED) is 0.926. The van der Waals surface area contributed by atoms with Crippen molar-refractivity contribution in [1.82, 2.24) is 25.1 Å². The zero-order valence-corrected chi connectivity index (χ0v) is 12.3. The molecule has 6 heteroatoms. The largest absolute Gasteiger partial charge is 0.348 e. The zero-order valence-electron chi connectivity index (χ0n) is 12.3. The highest BCUT2D eigenvalue weighted by atomic mass is 16.1. The predicted molar refractivity (Wildman–Crippen MR) is 77.6 cm³/mol. The molecule has 2 aromatic heterocycles. The summed E-state index contributed by atoms with van der Waals surface area (Å²) in [5, 5.41) is 7.13. The van der Waals surface area contributed by atoms with Crippen LogP contribution in [0.2, 0.25) is 0 Å². The minimum Gasteiger partial charge on any atom is -0.348 e. The minimum absolute atomic E-state index is 0.0192.